The molecular weight excluding hydrogens is 228 g/mol. The molecule has 0 aliphatic rings. The van der Waals surface area contributed by atoms with Crippen molar-refractivity contribution in [3.8, 4) is 0 Å². The van der Waals surface area contributed by atoms with Gasteiger partial charge in [0.05, 0.1) is 0 Å². The van der Waals surface area contributed by atoms with Gasteiger partial charge in [0.1, 0.15) is 0 Å². The first-order valence-electron chi connectivity index (χ1n) is 7.16. The van der Waals surface area contributed by atoms with E-state index >= 15 is 0 Å². The molecule has 0 aliphatic carbocycles. The highest BCUT2D eigenvalue weighted by atomic mass is 32.2. The Kier molecular flexibility index (Phi) is 12.9. The van der Waals surface area contributed by atoms with E-state index in [4.69, 9.17) is 0 Å². The summed E-state index contributed by atoms with van der Waals surface area (Å²) in [6.07, 6.45) is 8.75. The number of thioether (sulfide) groups is 1. The summed E-state index contributed by atoms with van der Waals surface area (Å²) < 4.78 is 0. The highest BCUT2D eigenvalue weighted by Gasteiger charge is 2.10. The number of unbranched alkanes of at least 4 members (excludes halogenated alkanes) is 2. The minimum atomic E-state index is 0.767. The molecule has 0 aromatic carbocycles. The molecule has 0 rings (SSSR count). The molecule has 3 heteroatoms. The lowest BCUT2D eigenvalue weighted by Gasteiger charge is -2.26. The van der Waals surface area contributed by atoms with Gasteiger partial charge in [-0.1, -0.05) is 20.3 Å². The largest absolute Gasteiger partial charge is 0.317 e. The summed E-state index contributed by atoms with van der Waals surface area (Å²) in [7, 11) is 2.28. The van der Waals surface area contributed by atoms with Crippen molar-refractivity contribution in [2.24, 2.45) is 0 Å². The van der Waals surface area contributed by atoms with E-state index in [1.165, 1.54) is 57.5 Å². The Labute approximate surface area is 113 Å². The number of nitrogens with zero attached hydrogens (tertiary/aromatic N) is 1. The molecule has 104 valence electrons. The second kappa shape index (κ2) is 12.7. The van der Waals surface area contributed by atoms with Crippen molar-refractivity contribution in [3.05, 3.63) is 0 Å². The second-order valence-corrected chi connectivity index (χ2v) is 5.72. The maximum absolute atomic E-state index is 3.46. The fourth-order valence-electron chi connectivity index (χ4n) is 2.02. The zero-order valence-electron chi connectivity index (χ0n) is 12.3. The molecule has 0 amide bonds. The molecule has 1 atom stereocenters. The van der Waals surface area contributed by atoms with Crippen LogP contribution in [0, 0.1) is 0 Å². The third kappa shape index (κ3) is 9.93. The normalized spacial score (nSPS) is 13.2. The number of hydrogen-bond donors (Lipinski definition) is 1. The lowest BCUT2D eigenvalue weighted by atomic mass is 10.2. The van der Waals surface area contributed by atoms with Gasteiger partial charge in [-0.05, 0) is 58.6 Å². The first-order valence-corrected chi connectivity index (χ1v) is 8.55. The Hall–Kier alpha value is 0.270. The number of nitrogens with one attached hydrogen (secondary N) is 1. The SMILES string of the molecule is CCCNCCCCCN(C)C(CC)CSC. The minimum absolute atomic E-state index is 0.767. The molecule has 0 aliphatic heterocycles. The molecule has 17 heavy (non-hydrogen) atoms. The van der Waals surface area contributed by atoms with Crippen LogP contribution in [0.1, 0.15) is 46.0 Å². The summed E-state index contributed by atoms with van der Waals surface area (Å²) >= 11 is 1.96. The smallest absolute Gasteiger partial charge is 0.0180 e. The zero-order chi connectivity index (χ0) is 12.9. The van der Waals surface area contributed by atoms with Crippen molar-refractivity contribution in [2.75, 3.05) is 38.7 Å². The van der Waals surface area contributed by atoms with Crippen LogP contribution >= 0.6 is 11.8 Å². The average molecular weight is 260 g/mol. The van der Waals surface area contributed by atoms with Gasteiger partial charge in [-0.15, -0.1) is 0 Å². The van der Waals surface area contributed by atoms with Crippen molar-refractivity contribution in [1.82, 2.24) is 10.2 Å². The average Bonchev–Trinajstić information content (AvgIpc) is 2.34. The fraction of sp³-hybridized carbons (Fsp3) is 1.00. The van der Waals surface area contributed by atoms with E-state index in [1.54, 1.807) is 0 Å². The van der Waals surface area contributed by atoms with Crippen molar-refractivity contribution in [3.63, 3.8) is 0 Å². The molecule has 0 saturated carbocycles. The highest BCUT2D eigenvalue weighted by Crippen LogP contribution is 2.09. The first kappa shape index (κ1) is 17.3. The first-order chi connectivity index (χ1) is 8.26. The molecule has 1 N–H and O–H groups in total. The van der Waals surface area contributed by atoms with Crippen LogP contribution in [0.15, 0.2) is 0 Å². The van der Waals surface area contributed by atoms with Crippen molar-refractivity contribution >= 4 is 11.8 Å². The molecule has 0 saturated heterocycles. The maximum atomic E-state index is 3.46. The summed E-state index contributed by atoms with van der Waals surface area (Å²) in [4.78, 5) is 2.54. The second-order valence-electron chi connectivity index (χ2n) is 4.81. The third-order valence-corrected chi connectivity index (χ3v) is 3.96. The molecule has 0 fully saturated rings. The van der Waals surface area contributed by atoms with Gasteiger partial charge in [0.2, 0.25) is 0 Å². The Morgan fingerprint density at radius 1 is 1.12 bits per heavy atom. The van der Waals surface area contributed by atoms with Crippen LogP contribution < -0.4 is 5.32 Å². The standard InChI is InChI=1S/C14H32N2S/c1-5-10-15-11-8-7-9-12-16(3)14(6-2)13-17-4/h14-15H,5-13H2,1-4H3. The quantitative estimate of drug-likeness (QED) is 0.542. The van der Waals surface area contributed by atoms with E-state index in [0.717, 1.165) is 6.04 Å². The maximum Gasteiger partial charge on any atom is 0.0180 e. The van der Waals surface area contributed by atoms with Gasteiger partial charge < -0.3 is 10.2 Å². The van der Waals surface area contributed by atoms with Gasteiger partial charge in [0.15, 0.2) is 0 Å². The Morgan fingerprint density at radius 2 is 1.88 bits per heavy atom. The molecule has 0 spiro atoms. The summed E-state index contributed by atoms with van der Waals surface area (Å²) in [5.74, 6) is 1.27. The van der Waals surface area contributed by atoms with Gasteiger partial charge in [0, 0.05) is 11.8 Å². The van der Waals surface area contributed by atoms with Crippen molar-refractivity contribution < 1.29 is 0 Å². The predicted molar refractivity (Wildman–Crippen MR) is 82.1 cm³/mol. The van der Waals surface area contributed by atoms with Crippen LogP contribution in [0.5, 0.6) is 0 Å². The van der Waals surface area contributed by atoms with Crippen LogP contribution in [0.2, 0.25) is 0 Å². The summed E-state index contributed by atoms with van der Waals surface area (Å²) in [6, 6.07) is 0.767. The Bertz CT molecular complexity index is 153. The van der Waals surface area contributed by atoms with E-state index < -0.39 is 0 Å². The molecule has 0 bridgehead atoms. The van der Waals surface area contributed by atoms with E-state index in [0.29, 0.717) is 0 Å². The molecule has 0 heterocycles. The molecule has 0 aromatic heterocycles. The van der Waals surface area contributed by atoms with Crippen LogP contribution in [-0.4, -0.2) is 49.6 Å². The third-order valence-electron chi connectivity index (χ3n) is 3.24. The monoisotopic (exact) mass is 260 g/mol. The van der Waals surface area contributed by atoms with Crippen LogP contribution in [0.3, 0.4) is 0 Å². The van der Waals surface area contributed by atoms with Crippen LogP contribution in [0.4, 0.5) is 0 Å². The van der Waals surface area contributed by atoms with Crippen LogP contribution in [0.25, 0.3) is 0 Å². The van der Waals surface area contributed by atoms with Crippen molar-refractivity contribution in [1.29, 1.82) is 0 Å². The lowest BCUT2D eigenvalue weighted by Crippen LogP contribution is -2.34. The van der Waals surface area contributed by atoms with Gasteiger partial charge in [-0.3, -0.25) is 0 Å². The topological polar surface area (TPSA) is 15.3 Å². The zero-order valence-corrected chi connectivity index (χ0v) is 13.1. The summed E-state index contributed by atoms with van der Waals surface area (Å²) in [5.41, 5.74) is 0. The lowest BCUT2D eigenvalue weighted by molar-refractivity contribution is 0.250. The molecular formula is C14H32N2S. The van der Waals surface area contributed by atoms with Crippen LogP contribution in [-0.2, 0) is 0 Å². The number of rotatable bonds is 12. The highest BCUT2D eigenvalue weighted by molar-refractivity contribution is 7.98. The van der Waals surface area contributed by atoms with E-state index in [2.05, 4.69) is 37.4 Å². The summed E-state index contributed by atoms with van der Waals surface area (Å²) in [6.45, 7) is 8.14. The molecule has 0 aromatic rings. The van der Waals surface area contributed by atoms with E-state index in [9.17, 15) is 0 Å². The minimum Gasteiger partial charge on any atom is -0.317 e. The van der Waals surface area contributed by atoms with Crippen molar-refractivity contribution in [2.45, 2.75) is 52.0 Å². The van der Waals surface area contributed by atoms with Gasteiger partial charge in [-0.25, -0.2) is 0 Å². The number of hydrogen-bond acceptors (Lipinski definition) is 3. The molecule has 1 unspecified atom stereocenters. The fourth-order valence-corrected chi connectivity index (χ4v) is 2.90. The van der Waals surface area contributed by atoms with Gasteiger partial charge >= 0.3 is 0 Å². The van der Waals surface area contributed by atoms with E-state index in [-0.39, 0.29) is 0 Å². The van der Waals surface area contributed by atoms with Gasteiger partial charge in [-0.2, -0.15) is 11.8 Å². The Morgan fingerprint density at radius 3 is 2.47 bits per heavy atom. The Balaban J connectivity index is 3.39. The molecule has 2 nitrogen and oxygen atoms in total. The summed E-state index contributed by atoms with van der Waals surface area (Å²) in [5, 5.41) is 3.46. The van der Waals surface area contributed by atoms with E-state index in [1.807, 2.05) is 11.8 Å². The molecule has 0 radical (unpaired) electrons. The van der Waals surface area contributed by atoms with Gasteiger partial charge in [0.25, 0.3) is 0 Å². The predicted octanol–water partition coefficient (Wildman–Crippen LogP) is 3.23.